The summed E-state index contributed by atoms with van der Waals surface area (Å²) >= 11 is 0. The van der Waals surface area contributed by atoms with Gasteiger partial charge in [0.2, 0.25) is 10.0 Å². The minimum atomic E-state index is -4.11. The third kappa shape index (κ3) is 5.18. The first-order valence-corrected chi connectivity index (χ1v) is 9.31. The number of primary sulfonamides is 1. The fourth-order valence-electron chi connectivity index (χ4n) is 1.66. The number of amides is 1. The second kappa shape index (κ2) is 7.10. The molecule has 3 N–H and O–H groups in total. The van der Waals surface area contributed by atoms with E-state index >= 15 is 0 Å². The van der Waals surface area contributed by atoms with Crippen molar-refractivity contribution in [2.24, 2.45) is 5.14 Å². The number of hydrogen-bond donors (Lipinski definition) is 2. The fourth-order valence-corrected chi connectivity index (χ4v) is 3.03. The summed E-state index contributed by atoms with van der Waals surface area (Å²) in [7, 11) is -5.06. The van der Waals surface area contributed by atoms with Gasteiger partial charge in [-0.2, -0.15) is 0 Å². The van der Waals surface area contributed by atoms with Crippen molar-refractivity contribution in [3.05, 3.63) is 29.1 Å². The van der Waals surface area contributed by atoms with Gasteiger partial charge in [-0.3, -0.25) is 9.00 Å². The maximum atomic E-state index is 13.7. The number of halogens is 1. The van der Waals surface area contributed by atoms with Crippen LogP contribution in [0.2, 0.25) is 0 Å². The number of nitrogens with one attached hydrogen (secondary N) is 1. The summed E-state index contributed by atoms with van der Waals surface area (Å²) in [6, 6.07) is 2.00. The lowest BCUT2D eigenvalue weighted by Gasteiger charge is -2.09. The molecule has 1 unspecified atom stereocenters. The maximum absolute atomic E-state index is 13.7. The molecule has 6 nitrogen and oxygen atoms in total. The van der Waals surface area contributed by atoms with Crippen LogP contribution in [-0.4, -0.2) is 37.1 Å². The molecule has 0 radical (unpaired) electrons. The standard InChI is InChI=1S/C12H17FN2O4S2/c1-8-10(13)6-9(7-11(8)21(14,18)19)12(16)15-4-3-5-20(2)17/h6-7H,3-5H2,1-2H3,(H,15,16)(H2,14,18,19). The van der Waals surface area contributed by atoms with Gasteiger partial charge in [-0.15, -0.1) is 0 Å². The zero-order chi connectivity index (χ0) is 16.2. The van der Waals surface area contributed by atoms with E-state index in [2.05, 4.69) is 5.32 Å². The number of sulfonamides is 1. The molecule has 0 heterocycles. The van der Waals surface area contributed by atoms with Gasteiger partial charge < -0.3 is 5.32 Å². The molecule has 0 spiro atoms. The highest BCUT2D eigenvalue weighted by Crippen LogP contribution is 2.19. The molecular formula is C12H17FN2O4S2. The van der Waals surface area contributed by atoms with Crippen molar-refractivity contribution >= 4 is 26.7 Å². The van der Waals surface area contributed by atoms with Gasteiger partial charge in [0.15, 0.2) is 0 Å². The Morgan fingerprint density at radius 2 is 2.05 bits per heavy atom. The average molecular weight is 336 g/mol. The summed E-state index contributed by atoms with van der Waals surface area (Å²) in [6.45, 7) is 1.53. The van der Waals surface area contributed by atoms with Crippen molar-refractivity contribution in [3.8, 4) is 0 Å². The summed E-state index contributed by atoms with van der Waals surface area (Å²) in [4.78, 5) is 11.4. The van der Waals surface area contributed by atoms with Gasteiger partial charge in [-0.1, -0.05) is 0 Å². The highest BCUT2D eigenvalue weighted by Gasteiger charge is 2.18. The molecule has 1 aromatic rings. The molecule has 1 amide bonds. The summed E-state index contributed by atoms with van der Waals surface area (Å²) in [5.41, 5.74) is -0.254. The number of carbonyl (C=O) groups is 1. The Hall–Kier alpha value is -1.32. The number of hydrogen-bond acceptors (Lipinski definition) is 4. The largest absolute Gasteiger partial charge is 0.352 e. The van der Waals surface area contributed by atoms with Gasteiger partial charge in [-0.05, 0) is 25.5 Å². The number of rotatable bonds is 6. The van der Waals surface area contributed by atoms with Crippen molar-refractivity contribution in [2.75, 3.05) is 18.6 Å². The second-order valence-electron chi connectivity index (χ2n) is 4.51. The van der Waals surface area contributed by atoms with Crippen molar-refractivity contribution in [1.29, 1.82) is 0 Å². The van der Waals surface area contributed by atoms with Gasteiger partial charge in [0.25, 0.3) is 5.91 Å². The molecule has 0 aliphatic carbocycles. The predicted octanol–water partition coefficient (Wildman–Crippen LogP) is 0.280. The summed E-state index contributed by atoms with van der Waals surface area (Å²) < 4.78 is 47.3. The van der Waals surface area contributed by atoms with Gasteiger partial charge >= 0.3 is 0 Å². The van der Waals surface area contributed by atoms with Gasteiger partial charge in [0.1, 0.15) is 5.82 Å². The zero-order valence-corrected chi connectivity index (χ0v) is 13.3. The molecule has 0 saturated heterocycles. The van der Waals surface area contributed by atoms with Gasteiger partial charge in [-0.25, -0.2) is 17.9 Å². The summed E-state index contributed by atoms with van der Waals surface area (Å²) in [5, 5.41) is 7.49. The molecule has 0 aliphatic heterocycles. The van der Waals surface area contributed by atoms with E-state index in [0.717, 1.165) is 12.1 Å². The lowest BCUT2D eigenvalue weighted by Crippen LogP contribution is -2.26. The van der Waals surface area contributed by atoms with E-state index in [1.165, 1.54) is 6.92 Å². The van der Waals surface area contributed by atoms with Crippen LogP contribution in [0.5, 0.6) is 0 Å². The van der Waals surface area contributed by atoms with Crippen LogP contribution in [0.3, 0.4) is 0 Å². The molecule has 0 aromatic heterocycles. The minimum absolute atomic E-state index is 0.125. The third-order valence-corrected chi connectivity index (χ3v) is 4.66. The topological polar surface area (TPSA) is 106 Å². The number of benzene rings is 1. The molecule has 0 aliphatic rings. The SMILES string of the molecule is Cc1c(F)cc(C(=O)NCCCS(C)=O)cc1S(N)(=O)=O. The van der Waals surface area contributed by atoms with Crippen molar-refractivity contribution < 1.29 is 21.8 Å². The van der Waals surface area contributed by atoms with Crippen LogP contribution in [0.25, 0.3) is 0 Å². The summed E-state index contributed by atoms with van der Waals surface area (Å²) in [5.74, 6) is -0.993. The quantitative estimate of drug-likeness (QED) is 0.728. The van der Waals surface area contributed by atoms with Crippen LogP contribution < -0.4 is 10.5 Å². The Balaban J connectivity index is 2.91. The molecule has 0 fully saturated rings. The summed E-state index contributed by atoms with van der Waals surface area (Å²) in [6.07, 6.45) is 2.06. The second-order valence-corrected chi connectivity index (χ2v) is 7.60. The Morgan fingerprint density at radius 3 is 2.57 bits per heavy atom. The van der Waals surface area contributed by atoms with E-state index in [4.69, 9.17) is 5.14 Å². The molecule has 21 heavy (non-hydrogen) atoms. The average Bonchev–Trinajstić information content (AvgIpc) is 2.35. The highest BCUT2D eigenvalue weighted by atomic mass is 32.2. The van der Waals surface area contributed by atoms with Crippen LogP contribution in [-0.2, 0) is 20.8 Å². The fraction of sp³-hybridized carbons (Fsp3) is 0.417. The number of nitrogens with two attached hydrogens (primary N) is 1. The highest BCUT2D eigenvalue weighted by molar-refractivity contribution is 7.89. The Kier molecular flexibility index (Phi) is 5.99. The Bertz CT molecular complexity index is 674. The minimum Gasteiger partial charge on any atom is -0.352 e. The van der Waals surface area contributed by atoms with Crippen LogP contribution in [0.15, 0.2) is 17.0 Å². The van der Waals surface area contributed by atoms with E-state index < -0.39 is 37.4 Å². The van der Waals surface area contributed by atoms with Crippen LogP contribution in [0.1, 0.15) is 22.3 Å². The lowest BCUT2D eigenvalue weighted by molar-refractivity contribution is 0.0953. The molecule has 118 valence electrons. The monoisotopic (exact) mass is 336 g/mol. The van der Waals surface area contributed by atoms with Gasteiger partial charge in [0.05, 0.1) is 4.90 Å². The van der Waals surface area contributed by atoms with E-state index in [-0.39, 0.29) is 17.7 Å². The lowest BCUT2D eigenvalue weighted by atomic mass is 10.1. The first-order chi connectivity index (χ1) is 9.62. The number of carbonyl (C=O) groups excluding carboxylic acids is 1. The van der Waals surface area contributed by atoms with E-state index in [9.17, 15) is 21.8 Å². The van der Waals surface area contributed by atoms with E-state index in [1.807, 2.05) is 0 Å². The molecule has 0 bridgehead atoms. The molecular weight excluding hydrogens is 319 g/mol. The molecule has 1 atom stereocenters. The first kappa shape index (κ1) is 17.7. The van der Waals surface area contributed by atoms with Crippen molar-refractivity contribution in [2.45, 2.75) is 18.2 Å². The predicted molar refractivity (Wildman–Crippen MR) is 78.4 cm³/mol. The van der Waals surface area contributed by atoms with Crippen LogP contribution >= 0.6 is 0 Å². The van der Waals surface area contributed by atoms with E-state index in [0.29, 0.717) is 12.2 Å². The normalized spacial score (nSPS) is 13.0. The third-order valence-electron chi connectivity index (χ3n) is 2.76. The van der Waals surface area contributed by atoms with Crippen LogP contribution in [0.4, 0.5) is 4.39 Å². The van der Waals surface area contributed by atoms with Crippen LogP contribution in [0, 0.1) is 12.7 Å². The molecule has 0 saturated carbocycles. The smallest absolute Gasteiger partial charge is 0.251 e. The van der Waals surface area contributed by atoms with Crippen molar-refractivity contribution in [1.82, 2.24) is 5.32 Å². The molecule has 1 aromatic carbocycles. The molecule has 1 rings (SSSR count). The Labute approximate surface area is 125 Å². The van der Waals surface area contributed by atoms with E-state index in [1.54, 1.807) is 6.26 Å². The maximum Gasteiger partial charge on any atom is 0.251 e. The zero-order valence-electron chi connectivity index (χ0n) is 11.7. The van der Waals surface area contributed by atoms with Crippen molar-refractivity contribution in [3.63, 3.8) is 0 Å². The first-order valence-electron chi connectivity index (χ1n) is 6.04. The molecule has 9 heteroatoms. The van der Waals surface area contributed by atoms with Gasteiger partial charge in [0, 0.05) is 40.5 Å². The Morgan fingerprint density at radius 1 is 1.43 bits per heavy atom.